The first kappa shape index (κ1) is 14.1. The summed E-state index contributed by atoms with van der Waals surface area (Å²) in [6, 6.07) is 4.14. The summed E-state index contributed by atoms with van der Waals surface area (Å²) in [5.41, 5.74) is 0.290. The van der Waals surface area contributed by atoms with Gasteiger partial charge >= 0.3 is 0 Å². The zero-order valence-electron chi connectivity index (χ0n) is 9.54. The second-order valence-electron chi connectivity index (χ2n) is 3.50. The normalized spacial score (nSPS) is 10.5. The molecule has 0 aromatic heterocycles. The standard InChI is InChI=1S/C12H14ClFO3/c1-16-4-5-17-8-11(15)7-9-6-10(13)2-3-12(9)14/h2-3,6H,4-5,7-8H2,1H3. The van der Waals surface area contributed by atoms with E-state index in [4.69, 9.17) is 21.1 Å². The lowest BCUT2D eigenvalue weighted by Gasteiger charge is -2.04. The maximum Gasteiger partial charge on any atom is 0.162 e. The fourth-order valence-electron chi connectivity index (χ4n) is 1.27. The quantitative estimate of drug-likeness (QED) is 0.706. The Balaban J connectivity index is 2.42. The minimum absolute atomic E-state index is 0.0145. The third-order valence-electron chi connectivity index (χ3n) is 2.09. The highest BCUT2D eigenvalue weighted by atomic mass is 35.5. The molecule has 0 spiro atoms. The fourth-order valence-corrected chi connectivity index (χ4v) is 1.47. The van der Waals surface area contributed by atoms with Crippen LogP contribution in [0.4, 0.5) is 4.39 Å². The van der Waals surface area contributed by atoms with Crippen molar-refractivity contribution in [3.63, 3.8) is 0 Å². The predicted molar refractivity (Wildman–Crippen MR) is 62.8 cm³/mol. The molecule has 94 valence electrons. The van der Waals surface area contributed by atoms with Gasteiger partial charge in [0.05, 0.1) is 13.2 Å². The number of hydrogen-bond donors (Lipinski definition) is 0. The topological polar surface area (TPSA) is 35.5 Å². The Morgan fingerprint density at radius 2 is 2.18 bits per heavy atom. The molecule has 0 radical (unpaired) electrons. The molecule has 0 heterocycles. The van der Waals surface area contributed by atoms with Crippen LogP contribution in [-0.4, -0.2) is 32.7 Å². The van der Waals surface area contributed by atoms with Gasteiger partial charge in [0, 0.05) is 18.6 Å². The van der Waals surface area contributed by atoms with Crippen molar-refractivity contribution in [3.8, 4) is 0 Å². The van der Waals surface area contributed by atoms with E-state index in [9.17, 15) is 9.18 Å². The molecule has 0 amide bonds. The largest absolute Gasteiger partial charge is 0.382 e. The van der Waals surface area contributed by atoms with Gasteiger partial charge in [0.25, 0.3) is 0 Å². The average Bonchev–Trinajstić information content (AvgIpc) is 2.29. The van der Waals surface area contributed by atoms with E-state index in [1.54, 1.807) is 7.11 Å². The number of ether oxygens (including phenoxy) is 2. The van der Waals surface area contributed by atoms with E-state index < -0.39 is 5.82 Å². The number of halogens is 2. The number of carbonyl (C=O) groups excluding carboxylic acids is 1. The Kier molecular flexibility index (Phi) is 6.11. The van der Waals surface area contributed by atoms with Gasteiger partial charge in [-0.1, -0.05) is 11.6 Å². The van der Waals surface area contributed by atoms with E-state index in [0.29, 0.717) is 18.2 Å². The van der Waals surface area contributed by atoms with Gasteiger partial charge in [0.15, 0.2) is 5.78 Å². The highest BCUT2D eigenvalue weighted by Gasteiger charge is 2.09. The first-order valence-corrected chi connectivity index (χ1v) is 5.53. The number of methoxy groups -OCH3 is 1. The van der Waals surface area contributed by atoms with Crippen molar-refractivity contribution in [2.75, 3.05) is 26.9 Å². The van der Waals surface area contributed by atoms with E-state index in [-0.39, 0.29) is 24.4 Å². The van der Waals surface area contributed by atoms with Crippen LogP contribution in [0.3, 0.4) is 0 Å². The molecule has 0 aliphatic carbocycles. The van der Waals surface area contributed by atoms with E-state index in [0.717, 1.165) is 0 Å². The summed E-state index contributed by atoms with van der Waals surface area (Å²) >= 11 is 5.72. The zero-order chi connectivity index (χ0) is 12.7. The van der Waals surface area contributed by atoms with Crippen molar-refractivity contribution in [1.29, 1.82) is 0 Å². The molecule has 0 aliphatic rings. The van der Waals surface area contributed by atoms with Gasteiger partial charge in [-0.05, 0) is 23.8 Å². The molecule has 0 saturated carbocycles. The molecule has 1 aromatic carbocycles. The number of carbonyl (C=O) groups is 1. The second-order valence-corrected chi connectivity index (χ2v) is 3.93. The minimum atomic E-state index is -0.431. The molecule has 0 bridgehead atoms. The molecule has 0 fully saturated rings. The molecule has 1 rings (SSSR count). The van der Waals surface area contributed by atoms with Gasteiger partial charge in [-0.15, -0.1) is 0 Å². The summed E-state index contributed by atoms with van der Waals surface area (Å²) in [5, 5.41) is 0.412. The molecule has 1 aromatic rings. The Hall–Kier alpha value is -0.970. The summed E-state index contributed by atoms with van der Waals surface area (Å²) in [6.45, 7) is 0.731. The number of benzene rings is 1. The van der Waals surface area contributed by atoms with E-state index in [2.05, 4.69) is 0 Å². The van der Waals surface area contributed by atoms with Crippen LogP contribution in [0.2, 0.25) is 5.02 Å². The summed E-state index contributed by atoms with van der Waals surface area (Å²) in [7, 11) is 1.55. The summed E-state index contributed by atoms with van der Waals surface area (Å²) in [4.78, 5) is 11.5. The predicted octanol–water partition coefficient (Wildman–Crippen LogP) is 2.25. The number of rotatable bonds is 7. The van der Waals surface area contributed by atoms with Crippen molar-refractivity contribution >= 4 is 17.4 Å². The lowest BCUT2D eigenvalue weighted by molar-refractivity contribution is -0.123. The van der Waals surface area contributed by atoms with Crippen molar-refractivity contribution in [1.82, 2.24) is 0 Å². The minimum Gasteiger partial charge on any atom is -0.382 e. The van der Waals surface area contributed by atoms with E-state index in [1.807, 2.05) is 0 Å². The van der Waals surface area contributed by atoms with Crippen LogP contribution in [0.25, 0.3) is 0 Å². The van der Waals surface area contributed by atoms with Crippen molar-refractivity contribution in [3.05, 3.63) is 34.6 Å². The molecule has 5 heteroatoms. The molecule has 0 saturated heterocycles. The summed E-state index contributed by atoms with van der Waals surface area (Å²) < 4.78 is 23.1. The summed E-state index contributed by atoms with van der Waals surface area (Å²) in [5.74, 6) is -0.623. The molecular formula is C12H14ClFO3. The monoisotopic (exact) mass is 260 g/mol. The molecule has 0 atom stereocenters. The van der Waals surface area contributed by atoms with Gasteiger partial charge in [0.1, 0.15) is 12.4 Å². The fraction of sp³-hybridized carbons (Fsp3) is 0.417. The van der Waals surface area contributed by atoms with Crippen LogP contribution >= 0.6 is 11.6 Å². The van der Waals surface area contributed by atoms with Gasteiger partial charge in [-0.25, -0.2) is 4.39 Å². The lowest BCUT2D eigenvalue weighted by Crippen LogP contribution is -2.14. The van der Waals surface area contributed by atoms with Gasteiger partial charge in [-0.2, -0.15) is 0 Å². The van der Waals surface area contributed by atoms with Crippen LogP contribution in [0, 0.1) is 5.82 Å². The van der Waals surface area contributed by atoms with Gasteiger partial charge in [-0.3, -0.25) is 4.79 Å². The van der Waals surface area contributed by atoms with E-state index in [1.165, 1.54) is 18.2 Å². The Bertz CT molecular complexity index is 382. The highest BCUT2D eigenvalue weighted by Crippen LogP contribution is 2.15. The SMILES string of the molecule is COCCOCC(=O)Cc1cc(Cl)ccc1F. The van der Waals surface area contributed by atoms with Crippen LogP contribution in [0.1, 0.15) is 5.56 Å². The molecular weight excluding hydrogens is 247 g/mol. The first-order chi connectivity index (χ1) is 8.13. The highest BCUT2D eigenvalue weighted by molar-refractivity contribution is 6.30. The van der Waals surface area contributed by atoms with Gasteiger partial charge in [0.2, 0.25) is 0 Å². The molecule has 0 unspecified atom stereocenters. The first-order valence-electron chi connectivity index (χ1n) is 5.16. The van der Waals surface area contributed by atoms with Crippen molar-refractivity contribution in [2.45, 2.75) is 6.42 Å². The molecule has 17 heavy (non-hydrogen) atoms. The number of Topliss-reactive ketones (excluding diaryl/α,β-unsaturated/α-hetero) is 1. The maximum absolute atomic E-state index is 13.3. The number of ketones is 1. The van der Waals surface area contributed by atoms with Crippen LogP contribution in [0.15, 0.2) is 18.2 Å². The van der Waals surface area contributed by atoms with Crippen molar-refractivity contribution in [2.24, 2.45) is 0 Å². The van der Waals surface area contributed by atoms with Crippen LogP contribution < -0.4 is 0 Å². The van der Waals surface area contributed by atoms with Gasteiger partial charge < -0.3 is 9.47 Å². The molecule has 0 aliphatic heterocycles. The zero-order valence-corrected chi connectivity index (χ0v) is 10.3. The summed E-state index contributed by atoms with van der Waals surface area (Å²) in [6.07, 6.45) is -0.0145. The average molecular weight is 261 g/mol. The number of hydrogen-bond acceptors (Lipinski definition) is 3. The Morgan fingerprint density at radius 3 is 2.88 bits per heavy atom. The molecule has 0 N–H and O–H groups in total. The third kappa shape index (κ3) is 5.26. The molecule has 3 nitrogen and oxygen atoms in total. The lowest BCUT2D eigenvalue weighted by atomic mass is 10.1. The Morgan fingerprint density at radius 1 is 1.41 bits per heavy atom. The Labute approximate surface area is 104 Å². The van der Waals surface area contributed by atoms with Crippen molar-refractivity contribution < 1.29 is 18.7 Å². The van der Waals surface area contributed by atoms with E-state index >= 15 is 0 Å². The second kappa shape index (κ2) is 7.37. The maximum atomic E-state index is 13.3. The van der Waals surface area contributed by atoms with Crippen LogP contribution in [0.5, 0.6) is 0 Å². The smallest absolute Gasteiger partial charge is 0.162 e. The van der Waals surface area contributed by atoms with Crippen LogP contribution in [-0.2, 0) is 20.7 Å². The third-order valence-corrected chi connectivity index (χ3v) is 2.33.